The maximum absolute atomic E-state index is 11.7. The molecule has 0 bridgehead atoms. The van der Waals surface area contributed by atoms with Gasteiger partial charge in [-0.3, -0.25) is 9.89 Å². The molecule has 0 atom stereocenters. The van der Waals surface area contributed by atoms with Gasteiger partial charge < -0.3 is 26.4 Å². The predicted octanol–water partition coefficient (Wildman–Crippen LogP) is 0.379. The normalized spacial score (nSPS) is 12.4. The molecular weight excluding hydrogens is 409 g/mol. The fourth-order valence-corrected chi connectivity index (χ4v) is 3.89. The minimum absolute atomic E-state index is 0.327. The summed E-state index contributed by atoms with van der Waals surface area (Å²) in [5.74, 6) is 1.30. The highest BCUT2D eigenvalue weighted by atomic mass is 16.4. The molecule has 3 heterocycles. The van der Waals surface area contributed by atoms with Crippen molar-refractivity contribution in [2.75, 3.05) is 17.2 Å². The van der Waals surface area contributed by atoms with Crippen LogP contribution in [-0.2, 0) is 13.0 Å². The molecule has 2 aromatic carbocycles. The number of fused-ring (bicyclic) bond motifs is 2. The number of aromatic amines is 1. The van der Waals surface area contributed by atoms with E-state index in [1.165, 1.54) is 0 Å². The third-order valence-corrected chi connectivity index (χ3v) is 5.46. The number of aromatic nitrogens is 4. The van der Waals surface area contributed by atoms with Crippen LogP contribution in [0, 0.1) is 0 Å². The SMILES string of the molecule is NC(=O)c1cccc2c(-c3nc4c(c(NCc5cccc(B(O)O)c5)n3)CCN4)[nH]nc12. The van der Waals surface area contributed by atoms with Crippen LogP contribution in [0.4, 0.5) is 11.6 Å². The largest absolute Gasteiger partial charge is 0.488 e. The van der Waals surface area contributed by atoms with Gasteiger partial charge >= 0.3 is 7.12 Å². The molecular formula is C21H20BN7O3. The monoisotopic (exact) mass is 429 g/mol. The van der Waals surface area contributed by atoms with E-state index in [0.29, 0.717) is 45.8 Å². The molecule has 4 aromatic rings. The van der Waals surface area contributed by atoms with Gasteiger partial charge in [-0.2, -0.15) is 5.10 Å². The van der Waals surface area contributed by atoms with Crippen molar-refractivity contribution >= 4 is 41.0 Å². The van der Waals surface area contributed by atoms with E-state index in [1.807, 2.05) is 12.1 Å². The summed E-state index contributed by atoms with van der Waals surface area (Å²) >= 11 is 0. The van der Waals surface area contributed by atoms with Crippen molar-refractivity contribution in [2.24, 2.45) is 5.73 Å². The first-order chi connectivity index (χ1) is 15.5. The van der Waals surface area contributed by atoms with E-state index in [9.17, 15) is 14.8 Å². The molecule has 0 radical (unpaired) electrons. The summed E-state index contributed by atoms with van der Waals surface area (Å²) in [5.41, 5.74) is 9.15. The molecule has 0 aliphatic carbocycles. The second-order valence-corrected chi connectivity index (χ2v) is 7.54. The molecule has 160 valence electrons. The van der Waals surface area contributed by atoms with Gasteiger partial charge in [0.05, 0.1) is 5.56 Å². The minimum atomic E-state index is -1.52. The molecule has 5 rings (SSSR count). The van der Waals surface area contributed by atoms with Gasteiger partial charge in [-0.1, -0.05) is 36.4 Å². The molecule has 1 aliphatic rings. The van der Waals surface area contributed by atoms with Crippen molar-refractivity contribution in [3.8, 4) is 11.5 Å². The maximum Gasteiger partial charge on any atom is 0.488 e. The summed E-state index contributed by atoms with van der Waals surface area (Å²) in [5, 5.41) is 33.4. The van der Waals surface area contributed by atoms with Crippen molar-refractivity contribution in [2.45, 2.75) is 13.0 Å². The van der Waals surface area contributed by atoms with Crippen LogP contribution in [0.2, 0.25) is 0 Å². The molecule has 0 spiro atoms. The molecule has 1 amide bonds. The van der Waals surface area contributed by atoms with Crippen LogP contribution >= 0.6 is 0 Å². The van der Waals surface area contributed by atoms with Crippen LogP contribution in [0.3, 0.4) is 0 Å². The quantitative estimate of drug-likeness (QED) is 0.240. The highest BCUT2D eigenvalue weighted by molar-refractivity contribution is 6.58. The highest BCUT2D eigenvalue weighted by Gasteiger charge is 2.22. The van der Waals surface area contributed by atoms with E-state index in [0.717, 1.165) is 29.9 Å². The first-order valence-corrected chi connectivity index (χ1v) is 10.1. The Hall–Kier alpha value is -3.96. The average Bonchev–Trinajstić information content (AvgIpc) is 3.44. The summed E-state index contributed by atoms with van der Waals surface area (Å²) in [6.45, 7) is 1.20. The summed E-state index contributed by atoms with van der Waals surface area (Å²) in [4.78, 5) is 21.1. The summed E-state index contributed by atoms with van der Waals surface area (Å²) in [6, 6.07) is 12.3. The van der Waals surface area contributed by atoms with Crippen LogP contribution in [0.25, 0.3) is 22.4 Å². The van der Waals surface area contributed by atoms with E-state index >= 15 is 0 Å². The van der Waals surface area contributed by atoms with Gasteiger partial charge in [0.1, 0.15) is 22.8 Å². The number of anilines is 2. The number of nitrogens with two attached hydrogens (primary N) is 1. The topological polar surface area (TPSA) is 162 Å². The smallest absolute Gasteiger partial charge is 0.423 e. The molecule has 0 fully saturated rings. The number of hydrogen-bond donors (Lipinski definition) is 6. The van der Waals surface area contributed by atoms with E-state index in [2.05, 4.69) is 25.8 Å². The van der Waals surface area contributed by atoms with E-state index < -0.39 is 13.0 Å². The van der Waals surface area contributed by atoms with Gasteiger partial charge in [-0.25, -0.2) is 9.97 Å². The number of H-pyrrole nitrogens is 1. The number of carbonyl (C=O) groups is 1. The van der Waals surface area contributed by atoms with Crippen LogP contribution in [0.15, 0.2) is 42.5 Å². The number of rotatable bonds is 6. The van der Waals surface area contributed by atoms with Gasteiger partial charge in [-0.15, -0.1) is 0 Å². The minimum Gasteiger partial charge on any atom is -0.423 e. The molecule has 0 saturated carbocycles. The molecule has 32 heavy (non-hydrogen) atoms. The zero-order valence-electron chi connectivity index (χ0n) is 17.0. The lowest BCUT2D eigenvalue weighted by Gasteiger charge is -2.12. The lowest BCUT2D eigenvalue weighted by molar-refractivity contribution is 0.100. The molecule has 10 nitrogen and oxygen atoms in total. The van der Waals surface area contributed by atoms with Crippen LogP contribution in [0.1, 0.15) is 21.5 Å². The van der Waals surface area contributed by atoms with Crippen molar-refractivity contribution in [1.29, 1.82) is 0 Å². The second-order valence-electron chi connectivity index (χ2n) is 7.54. The van der Waals surface area contributed by atoms with Crippen molar-refractivity contribution in [3.63, 3.8) is 0 Å². The van der Waals surface area contributed by atoms with E-state index in [4.69, 9.17) is 10.7 Å². The Labute approximate surface area is 183 Å². The fraction of sp³-hybridized carbons (Fsp3) is 0.143. The number of para-hydroxylation sites is 1. The van der Waals surface area contributed by atoms with Crippen molar-refractivity contribution < 1.29 is 14.8 Å². The lowest BCUT2D eigenvalue weighted by Crippen LogP contribution is -2.30. The van der Waals surface area contributed by atoms with E-state index in [-0.39, 0.29) is 0 Å². The van der Waals surface area contributed by atoms with E-state index in [1.54, 1.807) is 30.3 Å². The zero-order valence-corrected chi connectivity index (χ0v) is 17.0. The number of nitrogens with one attached hydrogen (secondary N) is 3. The number of hydrogen-bond acceptors (Lipinski definition) is 8. The molecule has 1 aliphatic heterocycles. The first kappa shape index (κ1) is 20.0. The molecule has 11 heteroatoms. The van der Waals surface area contributed by atoms with Gasteiger partial charge in [0.25, 0.3) is 5.91 Å². The maximum atomic E-state index is 11.7. The standard InChI is InChI=1S/C21H20BN7O3/c23-18(30)14-6-2-5-13-16(14)28-29-17(13)21-26-19-15(7-8-24-19)20(27-21)25-10-11-3-1-4-12(9-11)22(31)32/h1-6,9,31-32H,7-8,10H2,(H2,23,30)(H,28,29)(H2,24,25,26,27). The Morgan fingerprint density at radius 3 is 2.84 bits per heavy atom. The number of amides is 1. The van der Waals surface area contributed by atoms with Gasteiger partial charge in [-0.05, 0) is 23.5 Å². The second kappa shape index (κ2) is 7.95. The Morgan fingerprint density at radius 2 is 2.03 bits per heavy atom. The van der Waals surface area contributed by atoms with Crippen LogP contribution in [-0.4, -0.2) is 49.8 Å². The Kier molecular flexibility index (Phi) is 4.96. The predicted molar refractivity (Wildman–Crippen MR) is 121 cm³/mol. The van der Waals surface area contributed by atoms with Crippen LogP contribution < -0.4 is 21.8 Å². The number of nitrogens with zero attached hydrogens (tertiary/aromatic N) is 3. The summed E-state index contributed by atoms with van der Waals surface area (Å²) < 4.78 is 0. The third kappa shape index (κ3) is 3.53. The lowest BCUT2D eigenvalue weighted by atomic mass is 9.79. The summed E-state index contributed by atoms with van der Waals surface area (Å²) in [7, 11) is -1.52. The number of benzene rings is 2. The van der Waals surface area contributed by atoms with Gasteiger partial charge in [0, 0.05) is 24.0 Å². The molecule has 0 saturated heterocycles. The summed E-state index contributed by atoms with van der Waals surface area (Å²) in [6.07, 6.45) is 0.781. The van der Waals surface area contributed by atoms with Crippen molar-refractivity contribution in [3.05, 3.63) is 59.2 Å². The Morgan fingerprint density at radius 1 is 1.19 bits per heavy atom. The fourth-order valence-electron chi connectivity index (χ4n) is 3.89. The molecule has 2 aromatic heterocycles. The number of carbonyl (C=O) groups excluding carboxylic acids is 1. The zero-order chi connectivity index (χ0) is 22.2. The number of primary amides is 1. The highest BCUT2D eigenvalue weighted by Crippen LogP contribution is 2.32. The average molecular weight is 429 g/mol. The Balaban J connectivity index is 1.52. The first-order valence-electron chi connectivity index (χ1n) is 10.1. The van der Waals surface area contributed by atoms with Crippen LogP contribution in [0.5, 0.6) is 0 Å². The van der Waals surface area contributed by atoms with Gasteiger partial charge in [0.2, 0.25) is 0 Å². The molecule has 7 N–H and O–H groups in total. The van der Waals surface area contributed by atoms with Gasteiger partial charge in [0.15, 0.2) is 5.82 Å². The van der Waals surface area contributed by atoms with Crippen molar-refractivity contribution in [1.82, 2.24) is 20.2 Å². The molecule has 0 unspecified atom stereocenters. The third-order valence-electron chi connectivity index (χ3n) is 5.46. The Bertz CT molecular complexity index is 1340.